The lowest BCUT2D eigenvalue weighted by molar-refractivity contribution is 0.0939. The first kappa shape index (κ1) is 23.6. The molecule has 0 saturated heterocycles. The van der Waals surface area contributed by atoms with Gasteiger partial charge in [0.25, 0.3) is 0 Å². The quantitative estimate of drug-likeness (QED) is 0.491. The number of rotatable bonds is 8. The van der Waals surface area contributed by atoms with E-state index < -0.39 is 0 Å². The summed E-state index contributed by atoms with van der Waals surface area (Å²) in [6.45, 7) is 12.4. The van der Waals surface area contributed by atoms with Crippen LogP contribution in [0.2, 0.25) is 0 Å². The molecular formula is C27H40N2O2. The summed E-state index contributed by atoms with van der Waals surface area (Å²) in [5.74, 6) is 2.44. The van der Waals surface area contributed by atoms with E-state index in [1.54, 1.807) is 0 Å². The SMILES string of the molecule is C.CCCCN1COc2ccc(C(C)c3ccc4c(c3)CN(CCCC)CO4)cc2C1. The zero-order chi connectivity index (χ0) is 20.9. The fourth-order valence-corrected chi connectivity index (χ4v) is 4.40. The van der Waals surface area contributed by atoms with Gasteiger partial charge < -0.3 is 9.47 Å². The van der Waals surface area contributed by atoms with Gasteiger partial charge in [-0.25, -0.2) is 0 Å². The zero-order valence-corrected chi connectivity index (χ0v) is 18.8. The van der Waals surface area contributed by atoms with Crippen molar-refractivity contribution in [3.8, 4) is 11.5 Å². The number of nitrogens with zero attached hydrogens (tertiary/aromatic N) is 2. The lowest BCUT2D eigenvalue weighted by Crippen LogP contribution is -2.33. The highest BCUT2D eigenvalue weighted by atomic mass is 16.5. The predicted octanol–water partition coefficient (Wildman–Crippen LogP) is 6.38. The molecule has 0 bridgehead atoms. The van der Waals surface area contributed by atoms with Gasteiger partial charge in [-0.2, -0.15) is 0 Å². The van der Waals surface area contributed by atoms with Gasteiger partial charge in [0.2, 0.25) is 0 Å². The molecule has 2 aromatic carbocycles. The third kappa shape index (κ3) is 5.61. The molecule has 0 saturated carbocycles. The Balaban J connectivity index is 0.00000272. The second-order valence-corrected chi connectivity index (χ2v) is 8.82. The van der Waals surface area contributed by atoms with Crippen LogP contribution >= 0.6 is 0 Å². The van der Waals surface area contributed by atoms with Gasteiger partial charge in [0.05, 0.1) is 0 Å². The van der Waals surface area contributed by atoms with E-state index in [9.17, 15) is 0 Å². The monoisotopic (exact) mass is 424 g/mol. The molecule has 0 N–H and O–H groups in total. The molecule has 2 aliphatic rings. The van der Waals surface area contributed by atoms with E-state index in [2.05, 4.69) is 67.0 Å². The van der Waals surface area contributed by atoms with Gasteiger partial charge in [-0.3, -0.25) is 9.80 Å². The lowest BCUT2D eigenvalue weighted by Gasteiger charge is -2.30. The van der Waals surface area contributed by atoms with E-state index in [0.717, 1.165) is 37.7 Å². The maximum atomic E-state index is 6.00. The maximum absolute atomic E-state index is 6.00. The molecule has 0 atom stereocenters. The van der Waals surface area contributed by atoms with Crippen molar-refractivity contribution in [3.05, 3.63) is 58.7 Å². The molecule has 0 aliphatic carbocycles. The van der Waals surface area contributed by atoms with Crippen molar-refractivity contribution < 1.29 is 9.47 Å². The summed E-state index contributed by atoms with van der Waals surface area (Å²) in [6.07, 6.45) is 4.89. The van der Waals surface area contributed by atoms with Crippen LogP contribution in [0.25, 0.3) is 0 Å². The Labute approximate surface area is 189 Å². The Kier molecular flexibility index (Phi) is 8.39. The van der Waals surface area contributed by atoms with Crippen LogP contribution in [0.15, 0.2) is 36.4 Å². The number of hydrogen-bond donors (Lipinski definition) is 0. The summed E-state index contributed by atoms with van der Waals surface area (Å²) in [7, 11) is 0. The van der Waals surface area contributed by atoms with Crippen molar-refractivity contribution in [2.24, 2.45) is 0 Å². The largest absolute Gasteiger partial charge is 0.478 e. The lowest BCUT2D eigenvalue weighted by atomic mass is 9.90. The zero-order valence-electron chi connectivity index (χ0n) is 18.8. The van der Waals surface area contributed by atoms with E-state index in [0.29, 0.717) is 19.4 Å². The molecule has 0 spiro atoms. The van der Waals surface area contributed by atoms with Crippen molar-refractivity contribution in [2.45, 2.75) is 72.9 Å². The van der Waals surface area contributed by atoms with E-state index in [1.807, 2.05) is 0 Å². The van der Waals surface area contributed by atoms with Gasteiger partial charge in [0.1, 0.15) is 25.0 Å². The van der Waals surface area contributed by atoms with E-state index >= 15 is 0 Å². The smallest absolute Gasteiger partial charge is 0.142 e. The first-order chi connectivity index (χ1) is 14.7. The first-order valence-electron chi connectivity index (χ1n) is 11.6. The highest BCUT2D eigenvalue weighted by Crippen LogP contribution is 2.34. The van der Waals surface area contributed by atoms with Crippen molar-refractivity contribution in [1.82, 2.24) is 9.80 Å². The molecule has 2 aliphatic heterocycles. The van der Waals surface area contributed by atoms with Crippen LogP contribution < -0.4 is 9.47 Å². The molecule has 4 heteroatoms. The molecular weight excluding hydrogens is 384 g/mol. The average Bonchev–Trinajstić information content (AvgIpc) is 2.79. The molecule has 0 unspecified atom stereocenters. The normalized spacial score (nSPS) is 16.1. The van der Waals surface area contributed by atoms with Gasteiger partial charge in [0, 0.05) is 43.2 Å². The highest BCUT2D eigenvalue weighted by molar-refractivity contribution is 5.45. The summed E-state index contributed by atoms with van der Waals surface area (Å²) in [6, 6.07) is 13.5. The van der Waals surface area contributed by atoms with Crippen LogP contribution in [0.4, 0.5) is 0 Å². The first-order valence-corrected chi connectivity index (χ1v) is 11.6. The molecule has 0 amide bonds. The van der Waals surface area contributed by atoms with E-state index in [4.69, 9.17) is 9.47 Å². The molecule has 0 aromatic heterocycles. The van der Waals surface area contributed by atoms with Gasteiger partial charge in [-0.1, -0.05) is 65.3 Å². The number of ether oxygens (including phenoxy) is 2. The number of unbranched alkanes of at least 4 members (excludes halogenated alkanes) is 2. The van der Waals surface area contributed by atoms with E-state index in [-0.39, 0.29) is 7.43 Å². The summed E-state index contributed by atoms with van der Waals surface area (Å²) < 4.78 is 12.0. The predicted molar refractivity (Wildman–Crippen MR) is 129 cm³/mol. The van der Waals surface area contributed by atoms with Crippen molar-refractivity contribution >= 4 is 0 Å². The van der Waals surface area contributed by atoms with Crippen LogP contribution in [0.3, 0.4) is 0 Å². The van der Waals surface area contributed by atoms with E-state index in [1.165, 1.54) is 47.9 Å². The fraction of sp³-hybridized carbons (Fsp3) is 0.556. The van der Waals surface area contributed by atoms with Gasteiger partial charge >= 0.3 is 0 Å². The van der Waals surface area contributed by atoms with Crippen LogP contribution in [0.1, 0.15) is 82.1 Å². The molecule has 2 aromatic rings. The summed E-state index contributed by atoms with van der Waals surface area (Å²) in [5, 5.41) is 0. The second-order valence-electron chi connectivity index (χ2n) is 8.82. The Bertz CT molecular complexity index is 782. The third-order valence-electron chi connectivity index (χ3n) is 6.42. The van der Waals surface area contributed by atoms with Crippen LogP contribution in [0.5, 0.6) is 11.5 Å². The topological polar surface area (TPSA) is 24.9 Å². The Morgan fingerprint density at radius 1 is 0.774 bits per heavy atom. The molecule has 170 valence electrons. The Morgan fingerprint density at radius 3 is 1.65 bits per heavy atom. The minimum atomic E-state index is 0. The van der Waals surface area contributed by atoms with Crippen molar-refractivity contribution in [3.63, 3.8) is 0 Å². The van der Waals surface area contributed by atoms with Crippen LogP contribution in [0, 0.1) is 0 Å². The highest BCUT2D eigenvalue weighted by Gasteiger charge is 2.21. The molecule has 2 heterocycles. The fourth-order valence-electron chi connectivity index (χ4n) is 4.40. The minimum Gasteiger partial charge on any atom is -0.478 e. The Morgan fingerprint density at radius 2 is 1.23 bits per heavy atom. The molecule has 31 heavy (non-hydrogen) atoms. The third-order valence-corrected chi connectivity index (χ3v) is 6.42. The molecule has 0 fully saturated rings. The summed E-state index contributed by atoms with van der Waals surface area (Å²) >= 11 is 0. The number of fused-ring (bicyclic) bond motifs is 2. The number of benzene rings is 2. The van der Waals surface area contributed by atoms with Crippen LogP contribution in [-0.4, -0.2) is 36.4 Å². The van der Waals surface area contributed by atoms with Crippen molar-refractivity contribution in [1.29, 1.82) is 0 Å². The molecule has 4 nitrogen and oxygen atoms in total. The van der Waals surface area contributed by atoms with Gasteiger partial charge in [-0.05, 0) is 36.1 Å². The van der Waals surface area contributed by atoms with Gasteiger partial charge in [-0.15, -0.1) is 0 Å². The number of hydrogen-bond acceptors (Lipinski definition) is 4. The Hall–Kier alpha value is -2.04. The summed E-state index contributed by atoms with van der Waals surface area (Å²) in [5.41, 5.74) is 5.34. The second kappa shape index (κ2) is 11.0. The van der Waals surface area contributed by atoms with Crippen molar-refractivity contribution in [2.75, 3.05) is 26.6 Å². The molecule has 0 radical (unpaired) electrons. The standard InChI is InChI=1S/C26H36N2O2.CH4/c1-4-6-12-27-16-23-14-21(8-10-25(23)29-18-27)20(3)22-9-11-26-24(15-22)17-28(19-30-26)13-7-5-2;/h8-11,14-15,20H,4-7,12-13,16-19H2,1-3H3;1H4. The minimum absolute atomic E-state index is 0. The van der Waals surface area contributed by atoms with Gasteiger partial charge in [0.15, 0.2) is 0 Å². The summed E-state index contributed by atoms with van der Waals surface area (Å²) in [4.78, 5) is 4.81. The van der Waals surface area contributed by atoms with Crippen LogP contribution in [-0.2, 0) is 13.1 Å². The molecule has 4 rings (SSSR count). The average molecular weight is 425 g/mol. The maximum Gasteiger partial charge on any atom is 0.142 e.